The highest BCUT2D eigenvalue weighted by Gasteiger charge is 2.14. The Hall–Kier alpha value is -0.820. The van der Waals surface area contributed by atoms with Gasteiger partial charge in [0.25, 0.3) is 15.6 Å². The molecule has 2 unspecified atom stereocenters. The fourth-order valence-corrected chi connectivity index (χ4v) is 3.33. The smallest absolute Gasteiger partial charge is 0.298 e. The lowest BCUT2D eigenvalue weighted by Gasteiger charge is -2.23. The van der Waals surface area contributed by atoms with Gasteiger partial charge in [0.2, 0.25) is 0 Å². The quantitative estimate of drug-likeness (QED) is 0.155. The third-order valence-electron chi connectivity index (χ3n) is 4.04. The molecule has 0 heterocycles. The maximum Gasteiger partial charge on any atom is 0.298 e. The third kappa shape index (κ3) is 19.2. The molecule has 1 N–H and O–H groups in total. The Morgan fingerprint density at radius 3 is 1.63 bits per heavy atom. The molecule has 8 nitrogen and oxygen atoms in total. The van der Waals surface area contributed by atoms with Crippen LogP contribution in [0, 0.1) is 0 Å². The van der Waals surface area contributed by atoms with Crippen molar-refractivity contribution in [3.8, 4) is 0 Å². The van der Waals surface area contributed by atoms with E-state index >= 15 is 0 Å². The van der Waals surface area contributed by atoms with Gasteiger partial charge in [0.15, 0.2) is 0 Å². The minimum absolute atomic E-state index is 0.329. The molecule has 0 bridgehead atoms. The van der Waals surface area contributed by atoms with Gasteiger partial charge in [-0.15, -0.1) is 0 Å². The maximum atomic E-state index is 11.2. The molecule has 0 aromatic heterocycles. The standard InChI is InChI=1S/C20H36O8P2/c1-17(2)9-6-10-18(3)11-7-12-19(4)13-8-14-20(5)15-16-26-30(24,25)28-27-29(21,22)23/h9,11,13,15H,6-8,10,12,14,16H2,1-5H3,(H,24,25)(H2,21,22,23)/p-2/b18-11-,19-13-,20-15+. The molecule has 0 rings (SSSR count). The second-order valence-corrected chi connectivity index (χ2v) is 9.80. The summed E-state index contributed by atoms with van der Waals surface area (Å²) in [5.74, 6) is 0. The number of allylic oxidation sites excluding steroid dienone is 7. The van der Waals surface area contributed by atoms with Crippen molar-refractivity contribution in [2.24, 2.45) is 0 Å². The summed E-state index contributed by atoms with van der Waals surface area (Å²) in [7, 11) is -10.3. The van der Waals surface area contributed by atoms with Crippen LogP contribution in [0.25, 0.3) is 0 Å². The predicted octanol–water partition coefficient (Wildman–Crippen LogP) is 5.03. The van der Waals surface area contributed by atoms with Gasteiger partial charge in [-0.3, -0.25) is 9.13 Å². The highest BCUT2D eigenvalue weighted by molar-refractivity contribution is 7.47. The monoisotopic (exact) mass is 464 g/mol. The molecule has 30 heavy (non-hydrogen) atoms. The lowest BCUT2D eigenvalue weighted by Crippen LogP contribution is -2.11. The molecule has 0 aliphatic rings. The minimum Gasteiger partial charge on any atom is -0.755 e. The zero-order valence-electron chi connectivity index (χ0n) is 18.5. The van der Waals surface area contributed by atoms with E-state index in [0.29, 0.717) is 0 Å². The highest BCUT2D eigenvalue weighted by atomic mass is 31.2. The Labute approximate surface area is 180 Å². The molecule has 0 saturated carbocycles. The summed E-state index contributed by atoms with van der Waals surface area (Å²) in [5, 5.41) is 0. The van der Waals surface area contributed by atoms with Gasteiger partial charge in [0.05, 0.1) is 6.61 Å². The first-order chi connectivity index (χ1) is 13.8. The molecule has 0 aromatic rings. The zero-order chi connectivity index (χ0) is 23.2. The van der Waals surface area contributed by atoms with E-state index in [1.54, 1.807) is 6.08 Å². The Balaban J connectivity index is 4.18. The van der Waals surface area contributed by atoms with Crippen molar-refractivity contribution in [3.05, 3.63) is 46.6 Å². The van der Waals surface area contributed by atoms with Crippen molar-refractivity contribution in [2.45, 2.75) is 73.1 Å². The van der Waals surface area contributed by atoms with E-state index < -0.39 is 15.6 Å². The van der Waals surface area contributed by atoms with Crippen molar-refractivity contribution in [3.63, 3.8) is 0 Å². The Kier molecular flexibility index (Phi) is 14.6. The molecular formula is C20H34O8P2-2. The second kappa shape index (κ2) is 15.1. The van der Waals surface area contributed by atoms with Crippen LogP contribution in [0.5, 0.6) is 0 Å². The van der Waals surface area contributed by atoms with E-state index in [1.807, 2.05) is 6.92 Å². The van der Waals surface area contributed by atoms with Crippen molar-refractivity contribution in [1.29, 1.82) is 0 Å². The van der Waals surface area contributed by atoms with Crippen LogP contribution in [0.4, 0.5) is 0 Å². The fraction of sp³-hybridized carbons (Fsp3) is 0.600. The van der Waals surface area contributed by atoms with Crippen LogP contribution in [0.15, 0.2) is 46.6 Å². The fourth-order valence-electron chi connectivity index (χ4n) is 2.36. The maximum absolute atomic E-state index is 11.2. The van der Waals surface area contributed by atoms with E-state index in [1.165, 1.54) is 16.7 Å². The molecule has 0 fully saturated rings. The summed E-state index contributed by atoms with van der Waals surface area (Å²) in [5.41, 5.74) is 4.96. The molecule has 0 spiro atoms. The number of phosphoric ester groups is 1. The largest absolute Gasteiger partial charge is 0.755 e. The lowest BCUT2D eigenvalue weighted by atomic mass is 10.0. The second-order valence-electron chi connectivity index (χ2n) is 7.41. The van der Waals surface area contributed by atoms with Gasteiger partial charge < -0.3 is 19.2 Å². The van der Waals surface area contributed by atoms with Crippen LogP contribution in [-0.2, 0) is 23.0 Å². The molecule has 0 aliphatic heterocycles. The highest BCUT2D eigenvalue weighted by Crippen LogP contribution is 2.44. The van der Waals surface area contributed by atoms with Crippen LogP contribution in [0.1, 0.15) is 73.1 Å². The van der Waals surface area contributed by atoms with Crippen LogP contribution in [-0.4, -0.2) is 11.5 Å². The van der Waals surface area contributed by atoms with E-state index in [9.17, 15) is 18.9 Å². The third-order valence-corrected chi connectivity index (χ3v) is 5.14. The average Bonchev–Trinajstić information content (AvgIpc) is 2.59. The number of hydrogen-bond donors (Lipinski definition) is 1. The first-order valence-electron chi connectivity index (χ1n) is 9.78. The first-order valence-corrected chi connectivity index (χ1v) is 12.7. The molecule has 10 heteroatoms. The van der Waals surface area contributed by atoms with E-state index in [4.69, 9.17) is 4.89 Å². The Bertz CT molecular complexity index is 727. The summed E-state index contributed by atoms with van der Waals surface area (Å²) in [4.78, 5) is 29.8. The van der Waals surface area contributed by atoms with Gasteiger partial charge in [0, 0.05) is 0 Å². The van der Waals surface area contributed by atoms with E-state index in [0.717, 1.165) is 44.1 Å². The molecular weight excluding hydrogens is 430 g/mol. The molecule has 0 aliphatic carbocycles. The number of rotatable bonds is 15. The summed E-state index contributed by atoms with van der Waals surface area (Å²) in [6, 6.07) is 0. The topological polar surface area (TPSA) is 128 Å². The molecule has 0 amide bonds. The molecule has 0 saturated heterocycles. The zero-order valence-corrected chi connectivity index (χ0v) is 20.2. The van der Waals surface area contributed by atoms with E-state index in [-0.39, 0.29) is 6.61 Å². The predicted molar refractivity (Wildman–Crippen MR) is 114 cm³/mol. The number of phosphoric acid groups is 2. The van der Waals surface area contributed by atoms with Crippen LogP contribution in [0.3, 0.4) is 0 Å². The molecule has 0 radical (unpaired) electrons. The first kappa shape index (κ1) is 29.2. The van der Waals surface area contributed by atoms with Gasteiger partial charge >= 0.3 is 0 Å². The van der Waals surface area contributed by atoms with Crippen LogP contribution < -0.4 is 9.79 Å². The van der Waals surface area contributed by atoms with Gasteiger partial charge in [-0.2, -0.15) is 9.35 Å². The van der Waals surface area contributed by atoms with Gasteiger partial charge in [0.1, 0.15) is 0 Å². The van der Waals surface area contributed by atoms with Gasteiger partial charge in [-0.25, -0.2) is 0 Å². The van der Waals surface area contributed by atoms with Gasteiger partial charge in [-0.05, 0) is 73.1 Å². The SMILES string of the molecule is CC(C)=CCC/C(C)=C\CC/C(C)=C\CC/C(C)=C/COP(=O)([O-])OOP(=O)([O-])O. The molecule has 2 atom stereocenters. The van der Waals surface area contributed by atoms with Crippen molar-refractivity contribution >= 4 is 15.6 Å². The summed E-state index contributed by atoms with van der Waals surface area (Å²) < 4.78 is 32.9. The summed E-state index contributed by atoms with van der Waals surface area (Å²) >= 11 is 0. The summed E-state index contributed by atoms with van der Waals surface area (Å²) in [6.07, 6.45) is 14.0. The van der Waals surface area contributed by atoms with E-state index in [2.05, 4.69) is 59.8 Å². The molecule has 174 valence electrons. The normalized spacial score (nSPS) is 17.4. The Morgan fingerprint density at radius 1 is 0.767 bits per heavy atom. The summed E-state index contributed by atoms with van der Waals surface area (Å²) in [6.45, 7) is 9.97. The Morgan fingerprint density at radius 2 is 1.20 bits per heavy atom. The van der Waals surface area contributed by atoms with Gasteiger partial charge in [-0.1, -0.05) is 46.6 Å². The average molecular weight is 464 g/mol. The van der Waals surface area contributed by atoms with Crippen LogP contribution in [0.2, 0.25) is 0 Å². The lowest BCUT2D eigenvalue weighted by molar-refractivity contribution is -0.307. The van der Waals surface area contributed by atoms with Crippen molar-refractivity contribution in [2.75, 3.05) is 6.61 Å². The van der Waals surface area contributed by atoms with Crippen molar-refractivity contribution in [1.82, 2.24) is 0 Å². The molecule has 0 aromatic carbocycles. The van der Waals surface area contributed by atoms with Crippen LogP contribution >= 0.6 is 15.6 Å². The number of hydrogen-bond acceptors (Lipinski definition) is 7. The minimum atomic E-state index is -5.31. The van der Waals surface area contributed by atoms with Crippen molar-refractivity contribution < 1.29 is 37.7 Å².